The molecule has 0 atom stereocenters. The molecule has 0 unspecified atom stereocenters. The maximum absolute atomic E-state index is 13.3. The van der Waals surface area contributed by atoms with Gasteiger partial charge in [-0.05, 0) is 55.3 Å². The van der Waals surface area contributed by atoms with E-state index in [1.165, 1.54) is 0 Å². The first-order valence-electron chi connectivity index (χ1n) is 10.2. The highest BCUT2D eigenvalue weighted by molar-refractivity contribution is 7.99. The Morgan fingerprint density at radius 2 is 1.62 bits per heavy atom. The summed E-state index contributed by atoms with van der Waals surface area (Å²) in [5, 5.41) is 0. The van der Waals surface area contributed by atoms with E-state index in [4.69, 9.17) is 0 Å². The van der Waals surface area contributed by atoms with Gasteiger partial charge in [-0.1, -0.05) is 31.0 Å². The summed E-state index contributed by atoms with van der Waals surface area (Å²) in [6, 6.07) is 14.4. The average Bonchev–Trinajstić information content (AvgIpc) is 3.15. The van der Waals surface area contributed by atoms with Gasteiger partial charge in [-0.2, -0.15) is 4.31 Å². The molecule has 0 aliphatic carbocycles. The van der Waals surface area contributed by atoms with Crippen LogP contribution < -0.4 is 4.90 Å². The summed E-state index contributed by atoms with van der Waals surface area (Å²) in [5.41, 5.74) is 1.32. The molecule has 0 saturated carbocycles. The molecule has 2 aliphatic rings. The fourth-order valence-corrected chi connectivity index (χ4v) is 6.47. The van der Waals surface area contributed by atoms with Gasteiger partial charge in [-0.15, -0.1) is 11.8 Å². The summed E-state index contributed by atoms with van der Waals surface area (Å²) in [5.74, 6) is 0.817. The van der Waals surface area contributed by atoms with E-state index >= 15 is 0 Å². The van der Waals surface area contributed by atoms with Crippen LogP contribution in [-0.2, 0) is 10.0 Å². The van der Waals surface area contributed by atoms with Crippen molar-refractivity contribution in [1.29, 1.82) is 0 Å². The second-order valence-electron chi connectivity index (χ2n) is 7.47. The van der Waals surface area contributed by atoms with E-state index in [1.54, 1.807) is 45.2 Å². The van der Waals surface area contributed by atoms with Crippen LogP contribution in [0, 0.1) is 0 Å². The van der Waals surface area contributed by atoms with E-state index in [1.807, 2.05) is 24.3 Å². The molecule has 0 N–H and O–H groups in total. The van der Waals surface area contributed by atoms with Crippen molar-refractivity contribution in [3.8, 4) is 0 Å². The van der Waals surface area contributed by atoms with Gasteiger partial charge in [0.05, 0.1) is 10.6 Å². The van der Waals surface area contributed by atoms with Gasteiger partial charge in [0.1, 0.15) is 0 Å². The Morgan fingerprint density at radius 3 is 2.41 bits per heavy atom. The number of hydrogen-bond donors (Lipinski definition) is 0. The molecule has 2 heterocycles. The molecule has 0 bridgehead atoms. The maximum Gasteiger partial charge on any atom is 0.258 e. The number of nitrogens with zero attached hydrogens (tertiary/aromatic N) is 2. The predicted molar refractivity (Wildman–Crippen MR) is 117 cm³/mol. The second kappa shape index (κ2) is 8.90. The van der Waals surface area contributed by atoms with Crippen molar-refractivity contribution >= 4 is 33.4 Å². The van der Waals surface area contributed by atoms with Gasteiger partial charge in [0.2, 0.25) is 10.0 Å². The van der Waals surface area contributed by atoms with Gasteiger partial charge in [-0.25, -0.2) is 8.42 Å². The molecule has 0 aromatic heterocycles. The molecule has 2 aliphatic heterocycles. The molecular formula is C22H26N2O3S2. The summed E-state index contributed by atoms with van der Waals surface area (Å²) < 4.78 is 27.9. The Labute approximate surface area is 177 Å². The van der Waals surface area contributed by atoms with Gasteiger partial charge in [-0.3, -0.25) is 4.79 Å². The third kappa shape index (κ3) is 4.37. The van der Waals surface area contributed by atoms with E-state index in [9.17, 15) is 13.2 Å². The minimum atomic E-state index is -3.58. The average molecular weight is 431 g/mol. The standard InChI is InChI=1S/C22H26N2O3S2/c25-22(24-15-8-16-28-21-12-4-3-11-20(21)24)18-9-7-10-19(17-18)29(26,27)23-13-5-1-2-6-14-23/h3-4,7,9-12,17H,1-2,5-6,8,13-16H2. The Bertz CT molecular complexity index is 983. The lowest BCUT2D eigenvalue weighted by molar-refractivity contribution is 0.0986. The first-order valence-corrected chi connectivity index (χ1v) is 12.6. The lowest BCUT2D eigenvalue weighted by Gasteiger charge is -2.23. The summed E-state index contributed by atoms with van der Waals surface area (Å²) in [6.07, 6.45) is 4.81. The molecule has 2 aromatic rings. The van der Waals surface area contributed by atoms with Crippen LogP contribution in [-0.4, -0.2) is 44.0 Å². The highest BCUT2D eigenvalue weighted by Crippen LogP contribution is 2.34. The molecule has 1 fully saturated rings. The van der Waals surface area contributed by atoms with Gasteiger partial charge in [0.25, 0.3) is 5.91 Å². The van der Waals surface area contributed by atoms with Crippen molar-refractivity contribution < 1.29 is 13.2 Å². The molecule has 29 heavy (non-hydrogen) atoms. The number of sulfonamides is 1. The first kappa shape index (κ1) is 20.4. The molecule has 5 nitrogen and oxygen atoms in total. The third-order valence-corrected chi connectivity index (χ3v) is 8.51. The molecule has 154 valence electrons. The number of fused-ring (bicyclic) bond motifs is 1. The summed E-state index contributed by atoms with van der Waals surface area (Å²) in [7, 11) is -3.58. The van der Waals surface area contributed by atoms with Gasteiger partial charge in [0.15, 0.2) is 0 Å². The third-order valence-electron chi connectivity index (χ3n) is 5.47. The molecule has 1 saturated heterocycles. The zero-order valence-corrected chi connectivity index (χ0v) is 18.1. The van der Waals surface area contributed by atoms with Crippen LogP contribution in [0.5, 0.6) is 0 Å². The SMILES string of the molecule is O=C(c1cccc(S(=O)(=O)N2CCCCCC2)c1)N1CCCSc2ccccc21. The predicted octanol–water partition coefficient (Wildman–Crippen LogP) is 4.39. The van der Waals surface area contributed by atoms with E-state index < -0.39 is 10.0 Å². The number of anilines is 1. The first-order chi connectivity index (χ1) is 14.1. The molecule has 0 spiro atoms. The number of thioether (sulfide) groups is 1. The summed E-state index contributed by atoms with van der Waals surface area (Å²) in [4.78, 5) is 16.4. The van der Waals surface area contributed by atoms with Crippen molar-refractivity contribution in [2.24, 2.45) is 0 Å². The molecule has 2 aromatic carbocycles. The largest absolute Gasteiger partial charge is 0.307 e. The van der Waals surface area contributed by atoms with Crippen molar-refractivity contribution in [3.05, 3.63) is 54.1 Å². The van der Waals surface area contributed by atoms with Crippen molar-refractivity contribution in [1.82, 2.24) is 4.31 Å². The number of carbonyl (C=O) groups is 1. The number of carbonyl (C=O) groups excluding carboxylic acids is 1. The lowest BCUT2D eigenvalue weighted by Crippen LogP contribution is -2.33. The monoisotopic (exact) mass is 430 g/mol. The molecule has 0 radical (unpaired) electrons. The molecule has 7 heteroatoms. The zero-order chi connectivity index (χ0) is 20.3. The second-order valence-corrected chi connectivity index (χ2v) is 10.5. The smallest absolute Gasteiger partial charge is 0.258 e. The molecule has 1 amide bonds. The van der Waals surface area contributed by atoms with Crippen LogP contribution >= 0.6 is 11.8 Å². The minimum absolute atomic E-state index is 0.145. The van der Waals surface area contributed by atoms with Crippen molar-refractivity contribution in [2.75, 3.05) is 30.3 Å². The van der Waals surface area contributed by atoms with Crippen LogP contribution in [0.2, 0.25) is 0 Å². The van der Waals surface area contributed by atoms with Crippen LogP contribution in [0.15, 0.2) is 58.3 Å². The van der Waals surface area contributed by atoms with Gasteiger partial charge in [0, 0.05) is 30.1 Å². The zero-order valence-electron chi connectivity index (χ0n) is 16.4. The van der Waals surface area contributed by atoms with Crippen molar-refractivity contribution in [2.45, 2.75) is 41.9 Å². The van der Waals surface area contributed by atoms with Crippen LogP contribution in [0.25, 0.3) is 0 Å². The van der Waals surface area contributed by atoms with Crippen LogP contribution in [0.3, 0.4) is 0 Å². The molecular weight excluding hydrogens is 404 g/mol. The highest BCUT2D eigenvalue weighted by atomic mass is 32.2. The molecule has 4 rings (SSSR count). The lowest BCUT2D eigenvalue weighted by atomic mass is 10.1. The number of hydrogen-bond acceptors (Lipinski definition) is 4. The van der Waals surface area contributed by atoms with Gasteiger partial charge < -0.3 is 4.90 Å². The summed E-state index contributed by atoms with van der Waals surface area (Å²) in [6.45, 7) is 1.74. The minimum Gasteiger partial charge on any atom is -0.307 e. The van der Waals surface area contributed by atoms with Crippen LogP contribution in [0.1, 0.15) is 42.5 Å². The van der Waals surface area contributed by atoms with Crippen molar-refractivity contribution in [3.63, 3.8) is 0 Å². The Balaban J connectivity index is 1.64. The van der Waals surface area contributed by atoms with E-state index in [0.29, 0.717) is 25.2 Å². The Kier molecular flexibility index (Phi) is 6.27. The number of para-hydroxylation sites is 1. The topological polar surface area (TPSA) is 57.7 Å². The normalized spacial score (nSPS) is 18.6. The maximum atomic E-state index is 13.3. The Hall–Kier alpha value is -1.83. The Morgan fingerprint density at radius 1 is 0.862 bits per heavy atom. The van der Waals surface area contributed by atoms with E-state index in [-0.39, 0.29) is 10.8 Å². The summed E-state index contributed by atoms with van der Waals surface area (Å²) >= 11 is 1.76. The highest BCUT2D eigenvalue weighted by Gasteiger charge is 2.27. The van der Waals surface area contributed by atoms with Gasteiger partial charge >= 0.3 is 0 Å². The van der Waals surface area contributed by atoms with E-state index in [0.717, 1.165) is 48.4 Å². The van der Waals surface area contributed by atoms with E-state index in [2.05, 4.69) is 0 Å². The quantitative estimate of drug-likeness (QED) is 0.724. The number of rotatable bonds is 3. The number of amides is 1. The number of benzene rings is 2. The van der Waals surface area contributed by atoms with Crippen LogP contribution in [0.4, 0.5) is 5.69 Å². The fourth-order valence-electron chi connectivity index (χ4n) is 3.91. The fraction of sp³-hybridized carbons (Fsp3) is 0.409.